The normalized spacial score (nSPS) is 15.7. The van der Waals surface area contributed by atoms with Crippen LogP contribution in [0.3, 0.4) is 0 Å². The Morgan fingerprint density at radius 3 is 2.00 bits per heavy atom. The van der Waals surface area contributed by atoms with Crippen molar-refractivity contribution in [3.63, 3.8) is 0 Å². The van der Waals surface area contributed by atoms with Crippen LogP contribution in [-0.4, -0.2) is 0 Å². The summed E-state index contributed by atoms with van der Waals surface area (Å²) in [5.41, 5.74) is 9.96. The van der Waals surface area contributed by atoms with E-state index >= 15 is 0 Å². The average molecular weight is 316 g/mol. The van der Waals surface area contributed by atoms with Gasteiger partial charge >= 0.3 is 0 Å². The molecule has 0 radical (unpaired) electrons. The summed E-state index contributed by atoms with van der Waals surface area (Å²) in [4.78, 5) is 0. The molecule has 0 spiro atoms. The molecule has 0 heterocycles. The summed E-state index contributed by atoms with van der Waals surface area (Å²) in [6, 6.07) is 18.0. The van der Waals surface area contributed by atoms with Gasteiger partial charge in [0.05, 0.1) is 0 Å². The van der Waals surface area contributed by atoms with Crippen LogP contribution in [0.25, 0.3) is 16.7 Å². The summed E-state index contributed by atoms with van der Waals surface area (Å²) in [5, 5.41) is 0. The van der Waals surface area contributed by atoms with Gasteiger partial charge in [-0.1, -0.05) is 72.7 Å². The fourth-order valence-corrected chi connectivity index (χ4v) is 3.70. The Kier molecular flexibility index (Phi) is 5.35. The first-order chi connectivity index (χ1) is 11.7. The van der Waals surface area contributed by atoms with Crippen molar-refractivity contribution in [3.8, 4) is 11.1 Å². The second kappa shape index (κ2) is 7.66. The lowest BCUT2D eigenvalue weighted by Gasteiger charge is -2.22. The van der Waals surface area contributed by atoms with E-state index in [2.05, 4.69) is 75.4 Å². The lowest BCUT2D eigenvalue weighted by molar-refractivity contribution is 0.718. The second-order valence-corrected chi connectivity index (χ2v) is 6.90. The highest BCUT2D eigenvalue weighted by atomic mass is 14.2. The van der Waals surface area contributed by atoms with Crippen LogP contribution in [0, 0.1) is 6.92 Å². The van der Waals surface area contributed by atoms with Crippen LogP contribution >= 0.6 is 0 Å². The van der Waals surface area contributed by atoms with Crippen molar-refractivity contribution in [2.24, 2.45) is 0 Å². The molecule has 0 aromatic heterocycles. The Hall–Kier alpha value is -2.08. The van der Waals surface area contributed by atoms with E-state index in [0.717, 1.165) is 6.42 Å². The molecular formula is C24H28. The summed E-state index contributed by atoms with van der Waals surface area (Å²) in [5.74, 6) is 0. The Morgan fingerprint density at radius 2 is 1.38 bits per heavy atom. The highest BCUT2D eigenvalue weighted by molar-refractivity contribution is 5.75. The molecule has 0 unspecified atom stereocenters. The maximum absolute atomic E-state index is 2.38. The van der Waals surface area contributed by atoms with Crippen LogP contribution in [0.2, 0.25) is 0 Å². The van der Waals surface area contributed by atoms with Crippen molar-refractivity contribution in [1.29, 1.82) is 0 Å². The standard InChI is InChI=1S/C24H28/c1-4-7-19(3)23-8-5-6-9-24(23)22-16-14-21(15-17-22)20-12-10-18(2)11-13-20/h7,10-17H,4-6,8-9H2,1-3H3/b19-7+. The quantitative estimate of drug-likeness (QED) is 0.553. The molecule has 0 amide bonds. The number of hydrogen-bond donors (Lipinski definition) is 0. The van der Waals surface area contributed by atoms with Crippen LogP contribution in [0.4, 0.5) is 0 Å². The van der Waals surface area contributed by atoms with Crippen LogP contribution in [0.15, 0.2) is 65.8 Å². The summed E-state index contributed by atoms with van der Waals surface area (Å²) < 4.78 is 0. The fourth-order valence-electron chi connectivity index (χ4n) is 3.70. The first kappa shape index (κ1) is 16.8. The Bertz CT molecular complexity index is 740. The minimum atomic E-state index is 1.12. The molecule has 0 aliphatic heterocycles. The van der Waals surface area contributed by atoms with E-state index in [4.69, 9.17) is 0 Å². The zero-order chi connectivity index (χ0) is 16.9. The first-order valence-electron chi connectivity index (χ1n) is 9.25. The van der Waals surface area contributed by atoms with Gasteiger partial charge in [0.25, 0.3) is 0 Å². The minimum absolute atomic E-state index is 1.12. The molecule has 24 heavy (non-hydrogen) atoms. The van der Waals surface area contributed by atoms with Crippen molar-refractivity contribution in [3.05, 3.63) is 76.9 Å². The lowest BCUT2D eigenvalue weighted by atomic mass is 9.83. The minimum Gasteiger partial charge on any atom is -0.0816 e. The van der Waals surface area contributed by atoms with Crippen molar-refractivity contribution < 1.29 is 0 Å². The average Bonchev–Trinajstić information content (AvgIpc) is 2.63. The summed E-state index contributed by atoms with van der Waals surface area (Å²) in [6.07, 6.45) is 8.59. The number of benzene rings is 2. The van der Waals surface area contributed by atoms with Crippen LogP contribution in [-0.2, 0) is 0 Å². The van der Waals surface area contributed by atoms with Gasteiger partial charge in [0.1, 0.15) is 0 Å². The van der Waals surface area contributed by atoms with Gasteiger partial charge in [-0.25, -0.2) is 0 Å². The predicted octanol–water partition coefficient (Wildman–Crippen LogP) is 7.35. The predicted molar refractivity (Wildman–Crippen MR) is 106 cm³/mol. The van der Waals surface area contributed by atoms with Gasteiger partial charge in [-0.2, -0.15) is 0 Å². The SMILES string of the molecule is CC/C=C(\C)C1=C(c2ccc(-c3ccc(C)cc3)cc2)CCCC1. The monoisotopic (exact) mass is 316 g/mol. The molecule has 2 aromatic carbocycles. The summed E-state index contributed by atoms with van der Waals surface area (Å²) in [6.45, 7) is 6.64. The van der Waals surface area contributed by atoms with Crippen molar-refractivity contribution in [2.45, 2.75) is 52.9 Å². The summed E-state index contributed by atoms with van der Waals surface area (Å²) in [7, 11) is 0. The van der Waals surface area contributed by atoms with E-state index in [0.29, 0.717) is 0 Å². The van der Waals surface area contributed by atoms with E-state index in [1.54, 1.807) is 11.1 Å². The van der Waals surface area contributed by atoms with E-state index in [9.17, 15) is 0 Å². The largest absolute Gasteiger partial charge is 0.0816 e. The van der Waals surface area contributed by atoms with Crippen LogP contribution in [0.5, 0.6) is 0 Å². The molecule has 0 atom stereocenters. The number of aryl methyl sites for hydroxylation is 1. The topological polar surface area (TPSA) is 0 Å². The zero-order valence-corrected chi connectivity index (χ0v) is 15.2. The van der Waals surface area contributed by atoms with Crippen molar-refractivity contribution >= 4 is 5.57 Å². The van der Waals surface area contributed by atoms with Gasteiger partial charge in [-0.15, -0.1) is 0 Å². The Labute approximate surface area is 146 Å². The zero-order valence-electron chi connectivity index (χ0n) is 15.2. The molecular weight excluding hydrogens is 288 g/mol. The lowest BCUT2D eigenvalue weighted by Crippen LogP contribution is -2.01. The van der Waals surface area contributed by atoms with Crippen LogP contribution < -0.4 is 0 Å². The number of rotatable bonds is 4. The molecule has 2 aromatic rings. The van der Waals surface area contributed by atoms with Gasteiger partial charge in [-0.05, 0) is 73.8 Å². The van der Waals surface area contributed by atoms with E-state index in [-0.39, 0.29) is 0 Å². The van der Waals surface area contributed by atoms with Gasteiger partial charge in [0.15, 0.2) is 0 Å². The molecule has 124 valence electrons. The third kappa shape index (κ3) is 3.70. The van der Waals surface area contributed by atoms with Crippen molar-refractivity contribution in [1.82, 2.24) is 0 Å². The van der Waals surface area contributed by atoms with Gasteiger partial charge < -0.3 is 0 Å². The Balaban J connectivity index is 1.94. The molecule has 0 saturated heterocycles. The molecule has 0 nitrogen and oxygen atoms in total. The van der Waals surface area contributed by atoms with E-state index in [1.165, 1.54) is 53.5 Å². The molecule has 0 saturated carbocycles. The van der Waals surface area contributed by atoms with Gasteiger partial charge in [-0.3, -0.25) is 0 Å². The highest BCUT2D eigenvalue weighted by Crippen LogP contribution is 2.36. The van der Waals surface area contributed by atoms with Crippen LogP contribution in [0.1, 0.15) is 57.1 Å². The molecule has 1 aliphatic carbocycles. The molecule has 0 fully saturated rings. The van der Waals surface area contributed by atoms with Gasteiger partial charge in [0, 0.05) is 0 Å². The smallest absolute Gasteiger partial charge is 0.0184 e. The first-order valence-corrected chi connectivity index (χ1v) is 9.25. The molecule has 0 N–H and O–H groups in total. The molecule has 0 bridgehead atoms. The molecule has 0 heteroatoms. The number of allylic oxidation sites excluding steroid dienone is 4. The maximum Gasteiger partial charge on any atom is -0.0184 e. The Morgan fingerprint density at radius 1 is 0.833 bits per heavy atom. The third-order valence-electron chi connectivity index (χ3n) is 5.07. The third-order valence-corrected chi connectivity index (χ3v) is 5.07. The van der Waals surface area contributed by atoms with Gasteiger partial charge in [0.2, 0.25) is 0 Å². The highest BCUT2D eigenvalue weighted by Gasteiger charge is 2.15. The summed E-state index contributed by atoms with van der Waals surface area (Å²) >= 11 is 0. The van der Waals surface area contributed by atoms with Crippen molar-refractivity contribution in [2.75, 3.05) is 0 Å². The second-order valence-electron chi connectivity index (χ2n) is 6.90. The van der Waals surface area contributed by atoms with E-state index < -0.39 is 0 Å². The molecule has 3 rings (SSSR count). The fraction of sp³-hybridized carbons (Fsp3) is 0.333. The number of hydrogen-bond acceptors (Lipinski definition) is 0. The van der Waals surface area contributed by atoms with E-state index in [1.807, 2.05) is 0 Å². The maximum atomic E-state index is 2.38. The molecule has 1 aliphatic rings.